The number of rotatable bonds is 7. The first-order valence-corrected chi connectivity index (χ1v) is 8.18. The zero-order chi connectivity index (χ0) is 16.6. The molecule has 24 heavy (non-hydrogen) atoms. The quantitative estimate of drug-likeness (QED) is 0.592. The highest BCUT2D eigenvalue weighted by Crippen LogP contribution is 2.19. The fourth-order valence-electron chi connectivity index (χ4n) is 2.25. The van der Waals surface area contributed by atoms with Gasteiger partial charge in [0.25, 0.3) is 0 Å². The van der Waals surface area contributed by atoms with Gasteiger partial charge in [0.15, 0.2) is 0 Å². The molecule has 0 aliphatic rings. The van der Waals surface area contributed by atoms with Gasteiger partial charge in [-0.25, -0.2) is 5.43 Å². The predicted molar refractivity (Wildman–Crippen MR) is 99.1 cm³/mol. The molecule has 0 amide bonds. The summed E-state index contributed by atoms with van der Waals surface area (Å²) in [5, 5.41) is 0.727. The van der Waals surface area contributed by atoms with Crippen molar-refractivity contribution >= 4 is 17.3 Å². The van der Waals surface area contributed by atoms with Crippen LogP contribution < -0.4 is 15.6 Å². The molecule has 3 aromatic carbocycles. The molecule has 3 aromatic rings. The van der Waals surface area contributed by atoms with E-state index in [9.17, 15) is 0 Å². The first kappa shape index (κ1) is 16.4. The van der Waals surface area contributed by atoms with Gasteiger partial charge in [-0.15, -0.1) is 0 Å². The Morgan fingerprint density at radius 2 is 1.50 bits per heavy atom. The second kappa shape index (κ2) is 8.39. The molecule has 0 fully saturated rings. The first-order chi connectivity index (χ1) is 11.8. The highest BCUT2D eigenvalue weighted by Gasteiger charge is 2.01. The van der Waals surface area contributed by atoms with Gasteiger partial charge in [-0.05, 0) is 35.9 Å². The van der Waals surface area contributed by atoms with Crippen LogP contribution in [0.2, 0.25) is 5.02 Å². The molecule has 0 unspecified atom stereocenters. The van der Waals surface area contributed by atoms with Crippen LogP contribution in [0.1, 0.15) is 11.1 Å². The Balaban J connectivity index is 1.47. The number of nitrogens with one attached hydrogen (secondary N) is 2. The number of anilines is 1. The molecule has 0 saturated heterocycles. The van der Waals surface area contributed by atoms with Gasteiger partial charge in [0.05, 0.1) is 0 Å². The SMILES string of the molecule is Clc1ccccc1COc1ccc(CNNc2ccccc2)cc1. The lowest BCUT2D eigenvalue weighted by molar-refractivity contribution is 0.306. The number of halogens is 1. The maximum atomic E-state index is 6.13. The molecule has 3 rings (SSSR count). The summed E-state index contributed by atoms with van der Waals surface area (Å²) in [4.78, 5) is 0. The number of hydrazine groups is 1. The molecule has 0 radical (unpaired) electrons. The van der Waals surface area contributed by atoms with Crippen molar-refractivity contribution in [1.82, 2.24) is 5.43 Å². The van der Waals surface area contributed by atoms with Crippen molar-refractivity contribution < 1.29 is 4.74 Å². The maximum absolute atomic E-state index is 6.13. The Bertz CT molecular complexity index is 760. The van der Waals surface area contributed by atoms with E-state index in [0.717, 1.165) is 28.6 Å². The van der Waals surface area contributed by atoms with Gasteiger partial charge < -0.3 is 10.2 Å². The smallest absolute Gasteiger partial charge is 0.119 e. The van der Waals surface area contributed by atoms with E-state index in [-0.39, 0.29) is 0 Å². The second-order valence-corrected chi connectivity index (χ2v) is 5.78. The van der Waals surface area contributed by atoms with Crippen LogP contribution >= 0.6 is 11.6 Å². The third kappa shape index (κ3) is 4.75. The summed E-state index contributed by atoms with van der Waals surface area (Å²) in [6.07, 6.45) is 0. The lowest BCUT2D eigenvalue weighted by Crippen LogP contribution is -2.20. The lowest BCUT2D eigenvalue weighted by Gasteiger charge is -2.10. The van der Waals surface area contributed by atoms with Crippen LogP contribution in [0.5, 0.6) is 5.75 Å². The van der Waals surface area contributed by atoms with Crippen molar-refractivity contribution in [2.45, 2.75) is 13.2 Å². The van der Waals surface area contributed by atoms with E-state index in [0.29, 0.717) is 6.61 Å². The molecule has 4 heteroatoms. The Kier molecular flexibility index (Phi) is 5.72. The summed E-state index contributed by atoms with van der Waals surface area (Å²) < 4.78 is 5.78. The van der Waals surface area contributed by atoms with Crippen LogP contribution in [0.4, 0.5) is 5.69 Å². The van der Waals surface area contributed by atoms with Gasteiger partial charge in [0.1, 0.15) is 12.4 Å². The van der Waals surface area contributed by atoms with E-state index in [1.54, 1.807) is 0 Å². The molecule has 3 nitrogen and oxygen atoms in total. The molecule has 0 spiro atoms. The Labute approximate surface area is 147 Å². The monoisotopic (exact) mass is 338 g/mol. The van der Waals surface area contributed by atoms with Crippen LogP contribution in [-0.2, 0) is 13.2 Å². The third-order valence-corrected chi connectivity index (χ3v) is 3.94. The van der Waals surface area contributed by atoms with Gasteiger partial charge in [0.2, 0.25) is 0 Å². The molecule has 122 valence electrons. The molecule has 0 aliphatic heterocycles. The highest BCUT2D eigenvalue weighted by atomic mass is 35.5. The average molecular weight is 339 g/mol. The van der Waals surface area contributed by atoms with Crippen LogP contribution in [0.15, 0.2) is 78.9 Å². The third-order valence-electron chi connectivity index (χ3n) is 3.57. The van der Waals surface area contributed by atoms with E-state index in [1.165, 1.54) is 5.56 Å². The number of ether oxygens (including phenoxy) is 1. The fourth-order valence-corrected chi connectivity index (χ4v) is 2.44. The average Bonchev–Trinajstić information content (AvgIpc) is 2.63. The largest absolute Gasteiger partial charge is 0.489 e. The van der Waals surface area contributed by atoms with Gasteiger partial charge in [-0.1, -0.05) is 60.1 Å². The van der Waals surface area contributed by atoms with Gasteiger partial charge >= 0.3 is 0 Å². The topological polar surface area (TPSA) is 33.3 Å². The number of para-hydroxylation sites is 1. The molecule has 0 aliphatic carbocycles. The second-order valence-electron chi connectivity index (χ2n) is 5.37. The molecule has 0 saturated carbocycles. The van der Waals surface area contributed by atoms with E-state index in [2.05, 4.69) is 10.9 Å². The Morgan fingerprint density at radius 3 is 2.25 bits per heavy atom. The molecular weight excluding hydrogens is 320 g/mol. The molecule has 2 N–H and O–H groups in total. The van der Waals surface area contributed by atoms with Crippen molar-refractivity contribution in [2.24, 2.45) is 0 Å². The van der Waals surface area contributed by atoms with Crippen molar-refractivity contribution in [2.75, 3.05) is 5.43 Å². The summed E-state index contributed by atoms with van der Waals surface area (Å²) in [5.41, 5.74) is 9.55. The van der Waals surface area contributed by atoms with Crippen molar-refractivity contribution in [3.05, 3.63) is 95.0 Å². The minimum absolute atomic E-state index is 0.465. The summed E-state index contributed by atoms with van der Waals surface area (Å²) in [5.74, 6) is 0.828. The zero-order valence-electron chi connectivity index (χ0n) is 13.2. The fraction of sp³-hybridized carbons (Fsp3) is 0.100. The molecular formula is C20H19ClN2O. The van der Waals surface area contributed by atoms with Crippen molar-refractivity contribution in [3.63, 3.8) is 0 Å². The van der Waals surface area contributed by atoms with Crippen LogP contribution in [-0.4, -0.2) is 0 Å². The van der Waals surface area contributed by atoms with Gasteiger partial charge in [0, 0.05) is 22.8 Å². The minimum atomic E-state index is 0.465. The first-order valence-electron chi connectivity index (χ1n) is 7.80. The highest BCUT2D eigenvalue weighted by molar-refractivity contribution is 6.31. The van der Waals surface area contributed by atoms with Gasteiger partial charge in [-0.3, -0.25) is 0 Å². The Hall–Kier alpha value is -2.49. The molecule has 0 atom stereocenters. The Morgan fingerprint density at radius 1 is 0.792 bits per heavy atom. The summed E-state index contributed by atoms with van der Waals surface area (Å²) in [6, 6.07) is 25.7. The number of hydrogen-bond donors (Lipinski definition) is 2. The van der Waals surface area contributed by atoms with E-state index >= 15 is 0 Å². The molecule has 0 bridgehead atoms. The van der Waals surface area contributed by atoms with Gasteiger partial charge in [-0.2, -0.15) is 0 Å². The number of hydrogen-bond acceptors (Lipinski definition) is 3. The standard InChI is InChI=1S/C20H19ClN2O/c21-20-9-5-4-6-17(20)15-24-19-12-10-16(11-13-19)14-22-23-18-7-2-1-3-8-18/h1-13,22-23H,14-15H2. The number of benzene rings is 3. The summed E-state index contributed by atoms with van der Waals surface area (Å²) in [7, 11) is 0. The van der Waals surface area contributed by atoms with Crippen LogP contribution in [0.3, 0.4) is 0 Å². The predicted octanol–water partition coefficient (Wildman–Crippen LogP) is 5.04. The van der Waals surface area contributed by atoms with Crippen LogP contribution in [0, 0.1) is 0 Å². The molecule has 0 aromatic heterocycles. The summed E-state index contributed by atoms with van der Waals surface area (Å²) >= 11 is 6.13. The summed E-state index contributed by atoms with van der Waals surface area (Å²) in [6.45, 7) is 1.19. The zero-order valence-corrected chi connectivity index (χ0v) is 14.0. The molecule has 0 heterocycles. The van der Waals surface area contributed by atoms with Crippen molar-refractivity contribution in [3.8, 4) is 5.75 Å². The van der Waals surface area contributed by atoms with E-state index in [4.69, 9.17) is 16.3 Å². The minimum Gasteiger partial charge on any atom is -0.489 e. The van der Waals surface area contributed by atoms with E-state index < -0.39 is 0 Å². The normalized spacial score (nSPS) is 10.4. The van der Waals surface area contributed by atoms with E-state index in [1.807, 2.05) is 78.9 Å². The van der Waals surface area contributed by atoms with Crippen LogP contribution in [0.25, 0.3) is 0 Å². The maximum Gasteiger partial charge on any atom is 0.119 e. The lowest BCUT2D eigenvalue weighted by atomic mass is 10.2. The van der Waals surface area contributed by atoms with Crippen molar-refractivity contribution in [1.29, 1.82) is 0 Å².